The van der Waals surface area contributed by atoms with Crippen molar-refractivity contribution in [2.75, 3.05) is 32.7 Å². The fraction of sp³-hybridized carbons (Fsp3) is 0.556. The Morgan fingerprint density at radius 2 is 1.88 bits per heavy atom. The van der Waals surface area contributed by atoms with Crippen molar-refractivity contribution in [3.8, 4) is 0 Å². The molecular formula is C27H39N3O2S. The second-order valence-corrected chi connectivity index (χ2v) is 10.3. The molecule has 2 unspecified atom stereocenters. The normalized spacial score (nSPS) is 18.1. The topological polar surface area (TPSA) is 52.7 Å². The molecule has 180 valence electrons. The van der Waals surface area contributed by atoms with E-state index in [0.29, 0.717) is 24.6 Å². The summed E-state index contributed by atoms with van der Waals surface area (Å²) in [5.74, 6) is -0.0535. The average Bonchev–Trinajstić information content (AvgIpc) is 3.34. The average molecular weight is 470 g/mol. The Morgan fingerprint density at radius 3 is 2.55 bits per heavy atom. The lowest BCUT2D eigenvalue weighted by Crippen LogP contribution is -2.48. The smallest absolute Gasteiger partial charge is 0.254 e. The van der Waals surface area contributed by atoms with Crippen LogP contribution in [0.3, 0.4) is 0 Å². The van der Waals surface area contributed by atoms with Crippen LogP contribution >= 0.6 is 11.3 Å². The standard InChI is InChI=1S/C27H39N3O2S/c1-5-7-16-29(6-2)17-11-15-28-26(31)24-21-12-8-9-13-22(21)27(32)30(19-20(3)4)25(24)23-14-10-18-33-23/h8-10,12-14,18,20,24-25H,5-7,11,15-17,19H2,1-4H3,(H,28,31). The molecule has 0 spiro atoms. The molecule has 33 heavy (non-hydrogen) atoms. The van der Waals surface area contributed by atoms with Crippen LogP contribution in [-0.2, 0) is 4.79 Å². The maximum atomic E-state index is 13.6. The van der Waals surface area contributed by atoms with Crippen LogP contribution < -0.4 is 5.32 Å². The molecular weight excluding hydrogens is 430 g/mol. The van der Waals surface area contributed by atoms with Gasteiger partial charge in [0.2, 0.25) is 5.91 Å². The molecule has 0 aliphatic carbocycles. The molecule has 0 radical (unpaired) electrons. The van der Waals surface area contributed by atoms with E-state index in [1.165, 1.54) is 12.8 Å². The van der Waals surface area contributed by atoms with Gasteiger partial charge in [-0.3, -0.25) is 9.59 Å². The van der Waals surface area contributed by atoms with Crippen molar-refractivity contribution in [2.45, 2.75) is 58.9 Å². The number of carbonyl (C=O) groups is 2. The van der Waals surface area contributed by atoms with Crippen molar-refractivity contribution < 1.29 is 9.59 Å². The van der Waals surface area contributed by atoms with Gasteiger partial charge in [0.05, 0.1) is 12.0 Å². The Kier molecular flexibility index (Phi) is 9.51. The van der Waals surface area contributed by atoms with E-state index in [1.807, 2.05) is 40.6 Å². The van der Waals surface area contributed by atoms with Gasteiger partial charge in [-0.05, 0) is 61.5 Å². The molecule has 6 heteroatoms. The minimum Gasteiger partial charge on any atom is -0.355 e. The van der Waals surface area contributed by atoms with Gasteiger partial charge in [0, 0.05) is 23.5 Å². The highest BCUT2D eigenvalue weighted by Gasteiger charge is 2.44. The Balaban J connectivity index is 1.81. The van der Waals surface area contributed by atoms with Crippen LogP contribution in [0.2, 0.25) is 0 Å². The summed E-state index contributed by atoms with van der Waals surface area (Å²) in [6, 6.07) is 11.4. The number of unbranched alkanes of at least 4 members (excludes halogenated alkanes) is 1. The zero-order chi connectivity index (χ0) is 23.8. The van der Waals surface area contributed by atoms with E-state index in [0.717, 1.165) is 36.5 Å². The molecule has 2 amide bonds. The maximum Gasteiger partial charge on any atom is 0.254 e. The lowest BCUT2D eigenvalue weighted by Gasteiger charge is -2.42. The summed E-state index contributed by atoms with van der Waals surface area (Å²) in [6.07, 6.45) is 3.33. The summed E-state index contributed by atoms with van der Waals surface area (Å²) >= 11 is 1.62. The largest absolute Gasteiger partial charge is 0.355 e. The van der Waals surface area contributed by atoms with Crippen LogP contribution in [-0.4, -0.2) is 54.3 Å². The SMILES string of the molecule is CCCCN(CC)CCCNC(=O)C1c2ccccc2C(=O)N(CC(C)C)C1c1cccs1. The molecule has 1 aliphatic heterocycles. The molecule has 2 heterocycles. The fourth-order valence-electron chi connectivity index (χ4n) is 4.68. The van der Waals surface area contributed by atoms with Crippen molar-refractivity contribution in [3.63, 3.8) is 0 Å². The molecule has 2 aromatic rings. The molecule has 0 saturated heterocycles. The van der Waals surface area contributed by atoms with Gasteiger partial charge in [-0.25, -0.2) is 0 Å². The number of hydrogen-bond acceptors (Lipinski definition) is 4. The highest BCUT2D eigenvalue weighted by molar-refractivity contribution is 7.10. The first-order valence-corrected chi connectivity index (χ1v) is 13.3. The monoisotopic (exact) mass is 469 g/mol. The van der Waals surface area contributed by atoms with Crippen molar-refractivity contribution in [1.29, 1.82) is 0 Å². The molecule has 1 aromatic carbocycles. The molecule has 3 rings (SSSR count). The highest BCUT2D eigenvalue weighted by Crippen LogP contribution is 2.44. The molecule has 1 N–H and O–H groups in total. The number of nitrogens with one attached hydrogen (secondary N) is 1. The van der Waals surface area contributed by atoms with Gasteiger partial charge in [-0.2, -0.15) is 0 Å². The maximum absolute atomic E-state index is 13.6. The molecule has 1 aromatic heterocycles. The van der Waals surface area contributed by atoms with Gasteiger partial charge >= 0.3 is 0 Å². The van der Waals surface area contributed by atoms with Gasteiger partial charge < -0.3 is 15.1 Å². The first-order valence-electron chi connectivity index (χ1n) is 12.4. The fourth-order valence-corrected chi connectivity index (χ4v) is 5.55. The Hall–Kier alpha value is -2.18. The third-order valence-corrected chi connectivity index (χ3v) is 7.29. The minimum absolute atomic E-state index is 0.0127. The van der Waals surface area contributed by atoms with E-state index in [4.69, 9.17) is 0 Å². The van der Waals surface area contributed by atoms with E-state index in [-0.39, 0.29) is 17.9 Å². The first-order chi connectivity index (χ1) is 16.0. The quantitative estimate of drug-likeness (QED) is 0.429. The minimum atomic E-state index is -0.404. The predicted octanol–water partition coefficient (Wildman–Crippen LogP) is 5.31. The van der Waals surface area contributed by atoms with Crippen molar-refractivity contribution in [2.24, 2.45) is 5.92 Å². The van der Waals surface area contributed by atoms with Crippen LogP contribution in [0.25, 0.3) is 0 Å². The van der Waals surface area contributed by atoms with E-state index < -0.39 is 5.92 Å². The van der Waals surface area contributed by atoms with Crippen molar-refractivity contribution >= 4 is 23.2 Å². The first kappa shape index (κ1) is 25.4. The van der Waals surface area contributed by atoms with Crippen LogP contribution in [0.5, 0.6) is 0 Å². The van der Waals surface area contributed by atoms with Crippen molar-refractivity contribution in [3.05, 3.63) is 57.8 Å². The summed E-state index contributed by atoms with van der Waals surface area (Å²) in [6.45, 7) is 13.1. The molecule has 0 fully saturated rings. The second-order valence-electron chi connectivity index (χ2n) is 9.31. The molecule has 1 aliphatic rings. The Bertz CT molecular complexity index is 897. The summed E-state index contributed by atoms with van der Waals surface area (Å²) in [5, 5.41) is 5.24. The van der Waals surface area contributed by atoms with Crippen LogP contribution in [0, 0.1) is 5.92 Å². The van der Waals surface area contributed by atoms with Gasteiger partial charge in [-0.1, -0.05) is 58.4 Å². The van der Waals surface area contributed by atoms with E-state index in [9.17, 15) is 9.59 Å². The number of hydrogen-bond donors (Lipinski definition) is 1. The second kappa shape index (κ2) is 12.3. The number of thiophene rings is 1. The summed E-state index contributed by atoms with van der Waals surface area (Å²) in [7, 11) is 0. The zero-order valence-corrected chi connectivity index (χ0v) is 21.4. The summed E-state index contributed by atoms with van der Waals surface area (Å²) < 4.78 is 0. The third kappa shape index (κ3) is 6.24. The lowest BCUT2D eigenvalue weighted by atomic mass is 9.81. The zero-order valence-electron chi connectivity index (χ0n) is 20.5. The summed E-state index contributed by atoms with van der Waals surface area (Å²) in [4.78, 5) is 32.5. The summed E-state index contributed by atoms with van der Waals surface area (Å²) in [5.41, 5.74) is 1.50. The van der Waals surface area contributed by atoms with E-state index >= 15 is 0 Å². The van der Waals surface area contributed by atoms with Crippen LogP contribution in [0.1, 0.15) is 79.7 Å². The van der Waals surface area contributed by atoms with Crippen molar-refractivity contribution in [1.82, 2.24) is 15.1 Å². The van der Waals surface area contributed by atoms with E-state index in [1.54, 1.807) is 11.3 Å². The van der Waals surface area contributed by atoms with Gasteiger partial charge in [-0.15, -0.1) is 11.3 Å². The van der Waals surface area contributed by atoms with E-state index in [2.05, 4.69) is 44.0 Å². The molecule has 5 nitrogen and oxygen atoms in total. The van der Waals surface area contributed by atoms with Crippen LogP contribution in [0.15, 0.2) is 41.8 Å². The Labute approximate surface area is 203 Å². The number of benzene rings is 1. The molecule has 0 saturated carbocycles. The predicted molar refractivity (Wildman–Crippen MR) is 137 cm³/mol. The Morgan fingerprint density at radius 1 is 1.12 bits per heavy atom. The lowest BCUT2D eigenvalue weighted by molar-refractivity contribution is -0.124. The van der Waals surface area contributed by atoms with Crippen LogP contribution in [0.4, 0.5) is 0 Å². The molecule has 0 bridgehead atoms. The highest BCUT2D eigenvalue weighted by atomic mass is 32.1. The number of carbonyl (C=O) groups excluding carboxylic acids is 2. The van der Waals surface area contributed by atoms with Gasteiger partial charge in [0.1, 0.15) is 0 Å². The van der Waals surface area contributed by atoms with Gasteiger partial charge in [0.15, 0.2) is 0 Å². The number of rotatable bonds is 12. The number of amides is 2. The van der Waals surface area contributed by atoms with Gasteiger partial charge in [0.25, 0.3) is 5.91 Å². The third-order valence-electron chi connectivity index (χ3n) is 6.34. The number of nitrogens with zero attached hydrogens (tertiary/aromatic N) is 2. The number of fused-ring (bicyclic) bond motifs is 1. The molecule has 2 atom stereocenters.